The van der Waals surface area contributed by atoms with Crippen molar-refractivity contribution in [2.75, 3.05) is 12.4 Å². The van der Waals surface area contributed by atoms with Crippen LogP contribution in [0.5, 0.6) is 0 Å². The zero-order valence-electron chi connectivity index (χ0n) is 23.4. The molecule has 1 aromatic heterocycles. The molecule has 0 saturated heterocycles. The van der Waals surface area contributed by atoms with Crippen LogP contribution in [0.4, 0.5) is 4.79 Å². The van der Waals surface area contributed by atoms with Crippen molar-refractivity contribution in [3.8, 4) is 11.1 Å². The Kier molecular flexibility index (Phi) is 9.48. The predicted octanol–water partition coefficient (Wildman–Crippen LogP) is 4.10. The molecule has 1 atom stereocenters. The number of amides is 1. The summed E-state index contributed by atoms with van der Waals surface area (Å²) in [4.78, 5) is 26.3. The Morgan fingerprint density at radius 1 is 0.837 bits per heavy atom. The molecule has 0 saturated carbocycles. The summed E-state index contributed by atoms with van der Waals surface area (Å²) >= 11 is 0. The SMILES string of the molecule is O=C(NC(Cc1ccc[n+](CCCS(=O)(=O)[O-])c1)C(=O)OCc1ccccc1)OCC1c2ccccc2-c2ccccc21. The Labute approximate surface area is 250 Å². The van der Waals surface area contributed by atoms with Gasteiger partial charge in [0.25, 0.3) is 0 Å². The highest BCUT2D eigenvalue weighted by molar-refractivity contribution is 7.85. The van der Waals surface area contributed by atoms with Crippen molar-refractivity contribution >= 4 is 22.2 Å². The van der Waals surface area contributed by atoms with Crippen molar-refractivity contribution in [1.82, 2.24) is 5.32 Å². The average Bonchev–Trinajstić information content (AvgIpc) is 3.32. The Morgan fingerprint density at radius 3 is 2.14 bits per heavy atom. The van der Waals surface area contributed by atoms with Crippen molar-refractivity contribution in [3.05, 3.63) is 126 Å². The molecule has 1 amide bonds. The number of ether oxygens (including phenoxy) is 2. The molecule has 9 nitrogen and oxygen atoms in total. The number of nitrogens with zero attached hydrogens (tertiary/aromatic N) is 1. The van der Waals surface area contributed by atoms with Crippen LogP contribution in [0.1, 0.15) is 34.6 Å². The number of benzene rings is 3. The molecule has 1 unspecified atom stereocenters. The van der Waals surface area contributed by atoms with Gasteiger partial charge in [-0.3, -0.25) is 0 Å². The number of alkyl carbamates (subject to hydrolysis) is 1. The van der Waals surface area contributed by atoms with E-state index in [2.05, 4.69) is 17.4 Å². The number of fused-ring (bicyclic) bond motifs is 3. The number of hydrogen-bond donors (Lipinski definition) is 1. The van der Waals surface area contributed by atoms with Crippen LogP contribution >= 0.6 is 0 Å². The van der Waals surface area contributed by atoms with E-state index in [4.69, 9.17) is 9.47 Å². The first-order valence-corrected chi connectivity index (χ1v) is 15.6. The molecule has 10 heteroatoms. The molecule has 3 aromatic carbocycles. The molecular weight excluding hydrogens is 568 g/mol. The third-order valence-electron chi connectivity index (χ3n) is 7.31. The molecule has 222 valence electrons. The monoisotopic (exact) mass is 600 g/mol. The van der Waals surface area contributed by atoms with Crippen molar-refractivity contribution in [2.24, 2.45) is 0 Å². The van der Waals surface area contributed by atoms with Gasteiger partial charge in [0.05, 0.1) is 10.1 Å². The quantitative estimate of drug-likeness (QED) is 0.147. The fourth-order valence-corrected chi connectivity index (χ4v) is 5.78. The van der Waals surface area contributed by atoms with Gasteiger partial charge in [0.15, 0.2) is 12.4 Å². The summed E-state index contributed by atoms with van der Waals surface area (Å²) in [6, 6.07) is 27.8. The lowest BCUT2D eigenvalue weighted by atomic mass is 9.98. The maximum absolute atomic E-state index is 13.2. The van der Waals surface area contributed by atoms with Gasteiger partial charge in [-0.15, -0.1) is 0 Å². The summed E-state index contributed by atoms with van der Waals surface area (Å²) < 4.78 is 45.9. The van der Waals surface area contributed by atoms with Crippen LogP contribution in [0.2, 0.25) is 0 Å². The van der Waals surface area contributed by atoms with Crippen molar-refractivity contribution in [2.45, 2.75) is 38.0 Å². The Balaban J connectivity index is 1.27. The first-order valence-electron chi connectivity index (χ1n) is 14.0. The number of nitrogens with one attached hydrogen (secondary N) is 1. The third-order valence-corrected chi connectivity index (χ3v) is 8.10. The number of esters is 1. The molecule has 1 N–H and O–H groups in total. The van der Waals surface area contributed by atoms with Gasteiger partial charge < -0.3 is 19.3 Å². The van der Waals surface area contributed by atoms with Gasteiger partial charge in [-0.2, -0.15) is 0 Å². The smallest absolute Gasteiger partial charge is 0.407 e. The van der Waals surface area contributed by atoms with Crippen LogP contribution in [0, 0.1) is 0 Å². The first-order chi connectivity index (χ1) is 20.8. The van der Waals surface area contributed by atoms with E-state index in [0.29, 0.717) is 12.1 Å². The van der Waals surface area contributed by atoms with E-state index >= 15 is 0 Å². The topological polar surface area (TPSA) is 126 Å². The number of aryl methyl sites for hydroxylation is 1. The second-order valence-corrected chi connectivity index (χ2v) is 11.9. The maximum atomic E-state index is 13.2. The minimum Gasteiger partial charge on any atom is -0.748 e. The number of pyridine rings is 1. The van der Waals surface area contributed by atoms with Crippen LogP contribution in [0.15, 0.2) is 103 Å². The van der Waals surface area contributed by atoms with Gasteiger partial charge >= 0.3 is 12.1 Å². The van der Waals surface area contributed by atoms with Crippen LogP contribution in [0.3, 0.4) is 0 Å². The Bertz CT molecular complexity index is 1650. The normalized spacial score (nSPS) is 13.0. The van der Waals surface area contributed by atoms with E-state index in [-0.39, 0.29) is 32.0 Å². The zero-order chi connectivity index (χ0) is 30.2. The van der Waals surface area contributed by atoms with Crippen LogP contribution in [-0.2, 0) is 44.0 Å². The molecule has 1 aliphatic rings. The summed E-state index contributed by atoms with van der Waals surface area (Å²) in [5, 5.41) is 2.69. The minimum absolute atomic E-state index is 0.0427. The highest BCUT2D eigenvalue weighted by atomic mass is 32.2. The molecule has 0 aliphatic heterocycles. The number of carbonyl (C=O) groups excluding carboxylic acids is 2. The number of rotatable bonds is 12. The van der Waals surface area contributed by atoms with E-state index in [1.807, 2.05) is 66.7 Å². The van der Waals surface area contributed by atoms with Gasteiger partial charge in [0.1, 0.15) is 25.8 Å². The maximum Gasteiger partial charge on any atom is 0.407 e. The van der Waals surface area contributed by atoms with E-state index < -0.39 is 34.0 Å². The van der Waals surface area contributed by atoms with E-state index in [1.54, 1.807) is 29.1 Å². The molecule has 1 heterocycles. The fourth-order valence-electron chi connectivity index (χ4n) is 5.30. The largest absolute Gasteiger partial charge is 0.748 e. The molecule has 43 heavy (non-hydrogen) atoms. The van der Waals surface area contributed by atoms with E-state index in [0.717, 1.165) is 27.8 Å². The Morgan fingerprint density at radius 2 is 1.47 bits per heavy atom. The lowest BCUT2D eigenvalue weighted by Crippen LogP contribution is -2.44. The fraction of sp³-hybridized carbons (Fsp3) is 0.242. The van der Waals surface area contributed by atoms with Gasteiger partial charge in [-0.25, -0.2) is 22.6 Å². The molecule has 0 bridgehead atoms. The number of carbonyl (C=O) groups is 2. The number of aromatic nitrogens is 1. The van der Waals surface area contributed by atoms with Crippen molar-refractivity contribution in [1.29, 1.82) is 0 Å². The summed E-state index contributed by atoms with van der Waals surface area (Å²) in [6.07, 6.45) is 3.00. The van der Waals surface area contributed by atoms with E-state index in [1.165, 1.54) is 0 Å². The lowest BCUT2D eigenvalue weighted by molar-refractivity contribution is -0.697. The van der Waals surface area contributed by atoms with Crippen molar-refractivity contribution in [3.63, 3.8) is 0 Å². The summed E-state index contributed by atoms with van der Waals surface area (Å²) in [5.41, 5.74) is 5.89. The van der Waals surface area contributed by atoms with Crippen LogP contribution < -0.4 is 9.88 Å². The average molecular weight is 601 g/mol. The second-order valence-electron chi connectivity index (χ2n) is 10.4. The van der Waals surface area contributed by atoms with Gasteiger partial charge in [-0.1, -0.05) is 78.9 Å². The predicted molar refractivity (Wildman–Crippen MR) is 158 cm³/mol. The van der Waals surface area contributed by atoms with Gasteiger partial charge in [0, 0.05) is 36.1 Å². The molecule has 5 rings (SSSR count). The van der Waals surface area contributed by atoms with Crippen LogP contribution in [-0.4, -0.2) is 43.4 Å². The third kappa shape index (κ3) is 8.06. The van der Waals surface area contributed by atoms with Crippen LogP contribution in [0.25, 0.3) is 11.1 Å². The standard InChI is InChI=1S/C33H32N2O7S/c36-32(41-22-24-10-2-1-3-11-24)31(20-25-12-8-17-35(21-25)18-9-19-43(38,39)40)34-33(37)42-23-30-28-15-6-4-13-26(28)27-14-5-7-16-29(27)30/h1-8,10-17,21,30-31H,9,18-20,22-23H2,(H-,34,37,38,39,40). The molecular formula is C33H32N2O7S. The van der Waals surface area contributed by atoms with Crippen molar-refractivity contribution < 1.29 is 36.6 Å². The highest BCUT2D eigenvalue weighted by Gasteiger charge is 2.30. The summed E-state index contributed by atoms with van der Waals surface area (Å²) in [5.74, 6) is -1.22. The summed E-state index contributed by atoms with van der Waals surface area (Å²) in [6.45, 7) is 0.443. The highest BCUT2D eigenvalue weighted by Crippen LogP contribution is 2.44. The minimum atomic E-state index is -4.31. The molecule has 4 aromatic rings. The van der Waals surface area contributed by atoms with Gasteiger partial charge in [-0.05, 0) is 33.9 Å². The van der Waals surface area contributed by atoms with E-state index in [9.17, 15) is 22.6 Å². The molecule has 0 radical (unpaired) electrons. The zero-order valence-corrected chi connectivity index (χ0v) is 24.2. The van der Waals surface area contributed by atoms with Gasteiger partial charge in [0.2, 0.25) is 0 Å². The lowest BCUT2D eigenvalue weighted by Gasteiger charge is -2.19. The second kappa shape index (κ2) is 13.6. The molecule has 1 aliphatic carbocycles. The number of hydrogen-bond acceptors (Lipinski definition) is 7. The molecule has 0 fully saturated rings. The Hall–Kier alpha value is -4.54. The molecule has 0 spiro atoms. The summed E-state index contributed by atoms with van der Waals surface area (Å²) in [7, 11) is -4.31. The first kappa shape index (κ1) is 29.9.